The first kappa shape index (κ1) is 11.0. The second-order valence-electron chi connectivity index (χ2n) is 4.34. The minimum absolute atomic E-state index is 0.0147. The Bertz CT molecular complexity index is 405. The van der Waals surface area contributed by atoms with Gasteiger partial charge in [0.15, 0.2) is 5.82 Å². The van der Waals surface area contributed by atoms with E-state index in [1.165, 1.54) is 12.3 Å². The number of pyridine rings is 1. The van der Waals surface area contributed by atoms with Gasteiger partial charge in [-0.1, -0.05) is 6.92 Å². The predicted octanol–water partition coefficient (Wildman–Crippen LogP) is 0.987. The van der Waals surface area contributed by atoms with E-state index < -0.39 is 11.7 Å². The monoisotopic (exact) mass is 224 g/mol. The summed E-state index contributed by atoms with van der Waals surface area (Å²) >= 11 is 0. The van der Waals surface area contributed by atoms with Crippen molar-refractivity contribution in [1.29, 1.82) is 0 Å². The van der Waals surface area contributed by atoms with Crippen molar-refractivity contribution in [2.45, 2.75) is 6.92 Å². The Morgan fingerprint density at radius 2 is 2.44 bits per heavy atom. The Morgan fingerprint density at radius 3 is 3.00 bits per heavy atom. The van der Waals surface area contributed by atoms with Gasteiger partial charge in [0.2, 0.25) is 0 Å². The van der Waals surface area contributed by atoms with Crippen LogP contribution in [-0.4, -0.2) is 30.6 Å². The van der Waals surface area contributed by atoms with E-state index in [1.807, 2.05) is 6.92 Å². The minimum Gasteiger partial charge on any atom is -0.380 e. The number of nitrogens with zero attached hydrogens (tertiary/aromatic N) is 1. The van der Waals surface area contributed by atoms with Crippen LogP contribution in [0.2, 0.25) is 0 Å². The van der Waals surface area contributed by atoms with Gasteiger partial charge in [-0.25, -0.2) is 4.39 Å². The number of nitrogens with one attached hydrogen (secondary N) is 1. The van der Waals surface area contributed by atoms with Crippen LogP contribution >= 0.6 is 0 Å². The topological polar surface area (TPSA) is 51.2 Å². The lowest BCUT2D eigenvalue weighted by atomic mass is 9.89. The van der Waals surface area contributed by atoms with Gasteiger partial charge < -0.3 is 10.1 Å². The second kappa shape index (κ2) is 4.17. The SMILES string of the molecule is CC1(CNC(=O)c2ccncc2F)COC1. The van der Waals surface area contributed by atoms with Crippen LogP contribution in [0.25, 0.3) is 0 Å². The van der Waals surface area contributed by atoms with E-state index in [1.54, 1.807) is 0 Å². The molecule has 1 fully saturated rings. The summed E-state index contributed by atoms with van der Waals surface area (Å²) in [5.41, 5.74) is 0.0120. The summed E-state index contributed by atoms with van der Waals surface area (Å²) in [5, 5.41) is 2.70. The normalized spacial score (nSPS) is 17.6. The molecule has 1 aromatic rings. The number of rotatable bonds is 3. The van der Waals surface area contributed by atoms with Gasteiger partial charge in [0.05, 0.1) is 25.0 Å². The van der Waals surface area contributed by atoms with Crippen LogP contribution in [0.4, 0.5) is 4.39 Å². The zero-order valence-electron chi connectivity index (χ0n) is 9.00. The highest BCUT2D eigenvalue weighted by Crippen LogP contribution is 2.25. The van der Waals surface area contributed by atoms with Crippen molar-refractivity contribution < 1.29 is 13.9 Å². The molecule has 1 amide bonds. The van der Waals surface area contributed by atoms with Gasteiger partial charge in [-0.15, -0.1) is 0 Å². The summed E-state index contributed by atoms with van der Waals surface area (Å²) in [6.45, 7) is 3.77. The standard InChI is InChI=1S/C11H13FN2O2/c1-11(6-16-7-11)5-14-10(15)8-2-3-13-4-9(8)12/h2-4H,5-7H2,1H3,(H,14,15). The van der Waals surface area contributed by atoms with Gasteiger partial charge in [0, 0.05) is 18.2 Å². The molecule has 0 aromatic carbocycles. The van der Waals surface area contributed by atoms with E-state index in [0.717, 1.165) is 6.20 Å². The maximum Gasteiger partial charge on any atom is 0.254 e. The lowest BCUT2D eigenvalue weighted by molar-refractivity contribution is -0.0978. The van der Waals surface area contributed by atoms with Gasteiger partial charge in [-0.2, -0.15) is 0 Å². The average molecular weight is 224 g/mol. The highest BCUT2D eigenvalue weighted by molar-refractivity contribution is 5.94. The molecule has 2 rings (SSSR count). The van der Waals surface area contributed by atoms with Crippen LogP contribution in [0.1, 0.15) is 17.3 Å². The molecular formula is C11H13FN2O2. The first-order valence-corrected chi connectivity index (χ1v) is 5.06. The predicted molar refractivity (Wildman–Crippen MR) is 55.5 cm³/mol. The molecule has 0 spiro atoms. The van der Waals surface area contributed by atoms with Crippen molar-refractivity contribution in [3.8, 4) is 0 Å². The van der Waals surface area contributed by atoms with Crippen molar-refractivity contribution in [1.82, 2.24) is 10.3 Å². The Kier molecular flexibility index (Phi) is 2.87. The van der Waals surface area contributed by atoms with Gasteiger partial charge >= 0.3 is 0 Å². The van der Waals surface area contributed by atoms with Crippen LogP contribution in [0.15, 0.2) is 18.5 Å². The molecule has 1 aliphatic heterocycles. The first-order chi connectivity index (χ1) is 7.61. The van der Waals surface area contributed by atoms with E-state index in [-0.39, 0.29) is 11.0 Å². The molecule has 0 aliphatic carbocycles. The molecule has 0 radical (unpaired) electrons. The smallest absolute Gasteiger partial charge is 0.254 e. The third-order valence-electron chi connectivity index (χ3n) is 2.59. The van der Waals surface area contributed by atoms with Gasteiger partial charge in [0.1, 0.15) is 0 Å². The van der Waals surface area contributed by atoms with Gasteiger partial charge in [-0.05, 0) is 6.07 Å². The van der Waals surface area contributed by atoms with Crippen LogP contribution in [0.5, 0.6) is 0 Å². The fraction of sp³-hybridized carbons (Fsp3) is 0.455. The third kappa shape index (κ3) is 2.19. The molecule has 0 atom stereocenters. The number of hydrogen-bond acceptors (Lipinski definition) is 3. The molecular weight excluding hydrogens is 211 g/mol. The highest BCUT2D eigenvalue weighted by Gasteiger charge is 2.33. The fourth-order valence-corrected chi connectivity index (χ4v) is 1.50. The molecule has 1 aliphatic rings. The van der Waals surface area contributed by atoms with Crippen molar-refractivity contribution in [3.63, 3.8) is 0 Å². The molecule has 86 valence electrons. The summed E-state index contributed by atoms with van der Waals surface area (Å²) < 4.78 is 18.3. The first-order valence-electron chi connectivity index (χ1n) is 5.06. The molecule has 0 unspecified atom stereocenters. The molecule has 1 N–H and O–H groups in total. The third-order valence-corrected chi connectivity index (χ3v) is 2.59. The molecule has 5 heteroatoms. The maximum absolute atomic E-state index is 13.2. The molecule has 0 bridgehead atoms. The van der Waals surface area contributed by atoms with E-state index >= 15 is 0 Å². The van der Waals surface area contributed by atoms with Crippen LogP contribution in [0, 0.1) is 11.2 Å². The quantitative estimate of drug-likeness (QED) is 0.832. The number of halogens is 1. The van der Waals surface area contributed by atoms with E-state index in [9.17, 15) is 9.18 Å². The summed E-state index contributed by atoms with van der Waals surface area (Å²) in [4.78, 5) is 15.2. The molecule has 1 saturated heterocycles. The fourth-order valence-electron chi connectivity index (χ4n) is 1.50. The highest BCUT2D eigenvalue weighted by atomic mass is 19.1. The zero-order valence-corrected chi connectivity index (χ0v) is 9.00. The van der Waals surface area contributed by atoms with Crippen molar-refractivity contribution in [3.05, 3.63) is 29.8 Å². The molecule has 4 nitrogen and oxygen atoms in total. The zero-order chi connectivity index (χ0) is 11.6. The summed E-state index contributed by atoms with van der Waals surface area (Å²) in [6, 6.07) is 1.37. The lowest BCUT2D eigenvalue weighted by Crippen LogP contribution is -2.48. The van der Waals surface area contributed by atoms with E-state index in [4.69, 9.17) is 4.74 Å². The van der Waals surface area contributed by atoms with Crippen molar-refractivity contribution in [2.24, 2.45) is 5.41 Å². The Balaban J connectivity index is 1.96. The summed E-state index contributed by atoms with van der Waals surface area (Å²) in [5.74, 6) is -1.01. The number of carbonyl (C=O) groups is 1. The van der Waals surface area contributed by atoms with Crippen LogP contribution in [-0.2, 0) is 4.74 Å². The number of aromatic nitrogens is 1. The molecule has 16 heavy (non-hydrogen) atoms. The average Bonchev–Trinajstić information content (AvgIpc) is 2.24. The Labute approximate surface area is 92.8 Å². The van der Waals surface area contributed by atoms with Crippen LogP contribution in [0.3, 0.4) is 0 Å². The summed E-state index contributed by atoms with van der Waals surface area (Å²) in [6.07, 6.45) is 2.43. The number of hydrogen-bond donors (Lipinski definition) is 1. The molecule has 2 heterocycles. The maximum atomic E-state index is 13.2. The minimum atomic E-state index is -0.602. The summed E-state index contributed by atoms with van der Waals surface area (Å²) in [7, 11) is 0. The van der Waals surface area contributed by atoms with Crippen LogP contribution < -0.4 is 5.32 Å². The number of carbonyl (C=O) groups excluding carboxylic acids is 1. The Morgan fingerprint density at radius 1 is 1.69 bits per heavy atom. The second-order valence-corrected chi connectivity index (χ2v) is 4.34. The number of amides is 1. The lowest BCUT2D eigenvalue weighted by Gasteiger charge is -2.38. The van der Waals surface area contributed by atoms with E-state index in [2.05, 4.69) is 10.3 Å². The van der Waals surface area contributed by atoms with E-state index in [0.29, 0.717) is 19.8 Å². The Hall–Kier alpha value is -1.49. The van der Waals surface area contributed by atoms with Gasteiger partial charge in [0.25, 0.3) is 5.91 Å². The largest absolute Gasteiger partial charge is 0.380 e. The van der Waals surface area contributed by atoms with Crippen molar-refractivity contribution >= 4 is 5.91 Å². The molecule has 1 aromatic heterocycles. The molecule has 0 saturated carbocycles. The number of ether oxygens (including phenoxy) is 1. The van der Waals surface area contributed by atoms with Crippen molar-refractivity contribution in [2.75, 3.05) is 19.8 Å². The van der Waals surface area contributed by atoms with Gasteiger partial charge in [-0.3, -0.25) is 9.78 Å².